The van der Waals surface area contributed by atoms with Crippen molar-refractivity contribution in [1.29, 1.82) is 0 Å². The van der Waals surface area contributed by atoms with Gasteiger partial charge in [0.25, 0.3) is 5.91 Å². The van der Waals surface area contributed by atoms with Gasteiger partial charge in [-0.15, -0.1) is 0 Å². The summed E-state index contributed by atoms with van der Waals surface area (Å²) >= 11 is 6.22. The van der Waals surface area contributed by atoms with Gasteiger partial charge in [0, 0.05) is 29.9 Å². The zero-order valence-electron chi connectivity index (χ0n) is 20.3. The first kappa shape index (κ1) is 28.3. The summed E-state index contributed by atoms with van der Waals surface area (Å²) in [6, 6.07) is 4.00. The lowest BCUT2D eigenvalue weighted by molar-refractivity contribution is -0.125. The summed E-state index contributed by atoms with van der Waals surface area (Å²) in [4.78, 5) is 24.3. The maximum atomic E-state index is 13.6. The SMILES string of the molecule is C[C@H](N)C(=O)NCC1(O)C2CCC1CC(S(=O)(=O)c1cc(C(=O)Nc3cc(F)c(F)c(F)c3)ccc1Cl)C2. The molecule has 0 spiro atoms. The highest BCUT2D eigenvalue weighted by atomic mass is 35.5. The minimum absolute atomic E-state index is 0.0313. The van der Waals surface area contributed by atoms with E-state index in [4.69, 9.17) is 17.3 Å². The third kappa shape index (κ3) is 5.27. The molecule has 8 nitrogen and oxygen atoms in total. The molecule has 0 radical (unpaired) electrons. The Morgan fingerprint density at radius 3 is 2.26 bits per heavy atom. The van der Waals surface area contributed by atoms with Crippen LogP contribution < -0.4 is 16.4 Å². The molecule has 13 heteroatoms. The molecule has 5 N–H and O–H groups in total. The van der Waals surface area contributed by atoms with Crippen molar-refractivity contribution in [2.75, 3.05) is 11.9 Å². The first-order chi connectivity index (χ1) is 17.7. The lowest BCUT2D eigenvalue weighted by Gasteiger charge is -2.42. The van der Waals surface area contributed by atoms with E-state index in [2.05, 4.69) is 10.6 Å². The third-order valence-electron chi connectivity index (χ3n) is 7.51. The molecule has 2 bridgehead atoms. The van der Waals surface area contributed by atoms with Crippen LogP contribution in [0.5, 0.6) is 0 Å². The van der Waals surface area contributed by atoms with Gasteiger partial charge >= 0.3 is 0 Å². The molecule has 206 valence electrons. The van der Waals surface area contributed by atoms with E-state index in [0.29, 0.717) is 25.0 Å². The van der Waals surface area contributed by atoms with Gasteiger partial charge in [0.15, 0.2) is 27.3 Å². The molecule has 0 aromatic heterocycles. The van der Waals surface area contributed by atoms with Crippen LogP contribution >= 0.6 is 11.6 Å². The number of hydrogen-bond donors (Lipinski definition) is 4. The minimum atomic E-state index is -4.06. The van der Waals surface area contributed by atoms with E-state index in [1.807, 2.05) is 0 Å². The molecule has 2 aliphatic carbocycles. The van der Waals surface area contributed by atoms with Crippen LogP contribution in [0, 0.1) is 29.3 Å². The van der Waals surface area contributed by atoms with Crippen LogP contribution in [0.15, 0.2) is 35.2 Å². The lowest BCUT2D eigenvalue weighted by Crippen LogP contribution is -2.56. The highest BCUT2D eigenvalue weighted by Gasteiger charge is 2.55. The maximum Gasteiger partial charge on any atom is 0.255 e. The Hall–Kier alpha value is -2.67. The molecule has 2 unspecified atom stereocenters. The Morgan fingerprint density at radius 1 is 1.13 bits per heavy atom. The van der Waals surface area contributed by atoms with Gasteiger partial charge in [-0.2, -0.15) is 0 Å². The highest BCUT2D eigenvalue weighted by Crippen LogP contribution is 2.52. The summed E-state index contributed by atoms with van der Waals surface area (Å²) in [6.45, 7) is 1.49. The van der Waals surface area contributed by atoms with Gasteiger partial charge in [-0.3, -0.25) is 9.59 Å². The molecule has 2 aliphatic rings. The number of halogens is 4. The van der Waals surface area contributed by atoms with E-state index in [1.54, 1.807) is 0 Å². The van der Waals surface area contributed by atoms with Crippen LogP contribution in [0.25, 0.3) is 0 Å². The second-order valence-electron chi connectivity index (χ2n) is 9.96. The second-order valence-corrected chi connectivity index (χ2v) is 12.6. The van der Waals surface area contributed by atoms with Crippen LogP contribution in [0.4, 0.5) is 18.9 Å². The van der Waals surface area contributed by atoms with Crippen LogP contribution in [0.3, 0.4) is 0 Å². The molecule has 0 aliphatic heterocycles. The number of hydrogen-bond acceptors (Lipinski definition) is 6. The van der Waals surface area contributed by atoms with E-state index < -0.39 is 56.0 Å². The Morgan fingerprint density at radius 2 is 1.71 bits per heavy atom. The number of sulfone groups is 1. The number of amides is 2. The number of carbonyl (C=O) groups excluding carboxylic acids is 2. The molecule has 2 aromatic carbocycles. The van der Waals surface area contributed by atoms with E-state index >= 15 is 0 Å². The topological polar surface area (TPSA) is 139 Å². The summed E-state index contributed by atoms with van der Waals surface area (Å²) in [5.41, 5.74) is 3.81. The summed E-state index contributed by atoms with van der Waals surface area (Å²) in [5.74, 6) is -6.75. The normalized spacial score (nSPS) is 25.6. The Kier molecular flexibility index (Phi) is 7.81. The molecule has 2 fully saturated rings. The molecule has 2 aromatic rings. The molecule has 0 saturated heterocycles. The van der Waals surface area contributed by atoms with Crippen molar-refractivity contribution in [3.8, 4) is 0 Å². The predicted octanol–water partition coefficient (Wildman–Crippen LogP) is 3.17. The van der Waals surface area contributed by atoms with Crippen molar-refractivity contribution in [2.24, 2.45) is 17.6 Å². The van der Waals surface area contributed by atoms with Crippen LogP contribution in [-0.4, -0.2) is 48.8 Å². The number of carbonyl (C=O) groups is 2. The van der Waals surface area contributed by atoms with Crippen molar-refractivity contribution in [2.45, 2.75) is 54.4 Å². The fourth-order valence-electron chi connectivity index (χ4n) is 5.42. The molecular formula is C25H27ClF3N3O5S. The number of benzene rings is 2. The number of rotatable bonds is 7. The van der Waals surface area contributed by atoms with E-state index in [-0.39, 0.29) is 52.4 Å². The summed E-state index contributed by atoms with van der Waals surface area (Å²) in [6.07, 6.45) is 1.43. The molecule has 38 heavy (non-hydrogen) atoms. The number of aliphatic hydroxyl groups is 1. The van der Waals surface area contributed by atoms with Gasteiger partial charge in [-0.1, -0.05) is 11.6 Å². The molecule has 4 rings (SSSR count). The van der Waals surface area contributed by atoms with Crippen molar-refractivity contribution in [3.63, 3.8) is 0 Å². The minimum Gasteiger partial charge on any atom is -0.387 e. The average Bonchev–Trinajstić information content (AvgIpc) is 3.01. The first-order valence-electron chi connectivity index (χ1n) is 12.0. The Bertz CT molecular complexity index is 1350. The van der Waals surface area contributed by atoms with Gasteiger partial charge in [0.05, 0.1) is 26.8 Å². The van der Waals surface area contributed by atoms with Gasteiger partial charge in [-0.05, 0) is 62.6 Å². The number of nitrogens with two attached hydrogens (primary N) is 1. The molecule has 0 heterocycles. The Balaban J connectivity index is 1.54. The van der Waals surface area contributed by atoms with E-state index in [0.717, 1.165) is 6.07 Å². The van der Waals surface area contributed by atoms with Crippen molar-refractivity contribution in [1.82, 2.24) is 5.32 Å². The molecule has 3 atom stereocenters. The second kappa shape index (κ2) is 10.5. The number of anilines is 1. The fraction of sp³-hybridized carbons (Fsp3) is 0.440. The largest absolute Gasteiger partial charge is 0.387 e. The number of nitrogens with one attached hydrogen (secondary N) is 2. The monoisotopic (exact) mass is 573 g/mol. The van der Waals surface area contributed by atoms with Gasteiger partial charge in [-0.25, -0.2) is 21.6 Å². The van der Waals surface area contributed by atoms with Crippen molar-refractivity contribution in [3.05, 3.63) is 58.4 Å². The average molecular weight is 574 g/mol. The van der Waals surface area contributed by atoms with E-state index in [1.165, 1.54) is 19.1 Å². The highest BCUT2D eigenvalue weighted by molar-refractivity contribution is 7.92. The Labute approximate surface area is 222 Å². The molecular weight excluding hydrogens is 547 g/mol. The third-order valence-corrected chi connectivity index (χ3v) is 10.2. The van der Waals surface area contributed by atoms with Gasteiger partial charge in [0.1, 0.15) is 0 Å². The van der Waals surface area contributed by atoms with Gasteiger partial charge < -0.3 is 21.5 Å². The predicted molar refractivity (Wildman–Crippen MR) is 134 cm³/mol. The molecule has 2 saturated carbocycles. The smallest absolute Gasteiger partial charge is 0.255 e. The summed E-state index contributed by atoms with van der Waals surface area (Å²) in [5, 5.41) is 15.2. The summed E-state index contributed by atoms with van der Waals surface area (Å²) in [7, 11) is -4.06. The zero-order chi connectivity index (χ0) is 28.0. The number of fused-ring (bicyclic) bond motifs is 2. The zero-order valence-corrected chi connectivity index (χ0v) is 21.9. The van der Waals surface area contributed by atoms with Crippen LogP contribution in [0.2, 0.25) is 5.02 Å². The van der Waals surface area contributed by atoms with Crippen molar-refractivity contribution < 1.29 is 36.3 Å². The standard InChI is InChI=1S/C25H27ClF3N3O5S/c1-12(30)23(33)31-11-25(35)14-3-4-15(25)8-17(7-14)38(36,37)21-6-13(2-5-18(21)26)24(34)32-16-9-19(27)22(29)20(28)10-16/h2,5-6,9-10,12,14-15,17,35H,3-4,7-8,11,30H2,1H3,(H,31,33)(H,32,34)/t12-,14?,15?,17?,25?/m0/s1. The molecule has 2 amide bonds. The quantitative estimate of drug-likeness (QED) is 0.375. The maximum absolute atomic E-state index is 13.6. The van der Waals surface area contributed by atoms with Crippen LogP contribution in [-0.2, 0) is 14.6 Å². The van der Waals surface area contributed by atoms with Crippen molar-refractivity contribution >= 4 is 38.9 Å². The van der Waals surface area contributed by atoms with Crippen LogP contribution in [0.1, 0.15) is 43.0 Å². The first-order valence-corrected chi connectivity index (χ1v) is 13.9. The fourth-order valence-corrected chi connectivity index (χ4v) is 7.82. The summed E-state index contributed by atoms with van der Waals surface area (Å²) < 4.78 is 67.5. The lowest BCUT2D eigenvalue weighted by atomic mass is 9.74. The van der Waals surface area contributed by atoms with Gasteiger partial charge in [0.2, 0.25) is 5.91 Å². The van der Waals surface area contributed by atoms with E-state index in [9.17, 15) is 36.3 Å².